The number of hydrogen-bond donors (Lipinski definition) is 0. The minimum Gasteiger partial charge on any atom is -0.493 e. The molecule has 0 atom stereocenters. The standard InChI is InChI=1S/C15H13BrO2/c1-2-18-14-10-6-4-8-12(14)15(17)11-7-3-5-9-13(11)16/h3-10H,2H2,1H3. The topological polar surface area (TPSA) is 26.3 Å². The predicted molar refractivity (Wildman–Crippen MR) is 75.2 cm³/mol. The van der Waals surface area contributed by atoms with E-state index in [-0.39, 0.29) is 5.78 Å². The molecular formula is C15H13BrO2. The molecule has 0 saturated carbocycles. The molecule has 0 radical (unpaired) electrons. The van der Waals surface area contributed by atoms with Crippen LogP contribution in [0.2, 0.25) is 0 Å². The lowest BCUT2D eigenvalue weighted by molar-refractivity contribution is 0.103. The molecule has 0 bridgehead atoms. The molecule has 2 aromatic carbocycles. The molecule has 0 aromatic heterocycles. The second-order valence-electron chi connectivity index (χ2n) is 3.74. The van der Waals surface area contributed by atoms with Gasteiger partial charge in [0.15, 0.2) is 5.78 Å². The molecular weight excluding hydrogens is 292 g/mol. The highest BCUT2D eigenvalue weighted by molar-refractivity contribution is 9.10. The number of carbonyl (C=O) groups is 1. The fraction of sp³-hybridized carbons (Fsp3) is 0.133. The lowest BCUT2D eigenvalue weighted by Crippen LogP contribution is -2.05. The second-order valence-corrected chi connectivity index (χ2v) is 4.59. The lowest BCUT2D eigenvalue weighted by Gasteiger charge is -2.09. The zero-order valence-corrected chi connectivity index (χ0v) is 11.6. The summed E-state index contributed by atoms with van der Waals surface area (Å²) in [7, 11) is 0. The van der Waals surface area contributed by atoms with Crippen molar-refractivity contribution in [3.8, 4) is 5.75 Å². The van der Waals surface area contributed by atoms with Crippen molar-refractivity contribution in [1.82, 2.24) is 0 Å². The molecule has 0 amide bonds. The van der Waals surface area contributed by atoms with Gasteiger partial charge in [-0.25, -0.2) is 0 Å². The van der Waals surface area contributed by atoms with Crippen molar-refractivity contribution in [1.29, 1.82) is 0 Å². The van der Waals surface area contributed by atoms with E-state index in [1.807, 2.05) is 43.3 Å². The van der Waals surface area contributed by atoms with E-state index in [1.165, 1.54) is 0 Å². The summed E-state index contributed by atoms with van der Waals surface area (Å²) >= 11 is 3.40. The zero-order chi connectivity index (χ0) is 13.0. The fourth-order valence-electron chi connectivity index (χ4n) is 1.73. The van der Waals surface area contributed by atoms with Gasteiger partial charge in [-0.05, 0) is 31.2 Å². The summed E-state index contributed by atoms with van der Waals surface area (Å²) in [5.74, 6) is 0.590. The first kappa shape index (κ1) is 12.8. The Hall–Kier alpha value is -1.61. The molecule has 2 nitrogen and oxygen atoms in total. The van der Waals surface area contributed by atoms with Gasteiger partial charge in [0, 0.05) is 10.0 Å². The fourth-order valence-corrected chi connectivity index (χ4v) is 2.19. The van der Waals surface area contributed by atoms with Crippen LogP contribution in [0.25, 0.3) is 0 Å². The molecule has 0 saturated heterocycles. The summed E-state index contributed by atoms with van der Waals surface area (Å²) in [5, 5.41) is 0. The Labute approximate surface area is 115 Å². The number of carbonyl (C=O) groups excluding carboxylic acids is 1. The van der Waals surface area contributed by atoms with Crippen LogP contribution in [0.1, 0.15) is 22.8 Å². The van der Waals surface area contributed by atoms with E-state index in [2.05, 4.69) is 15.9 Å². The Morgan fingerprint density at radius 2 is 1.67 bits per heavy atom. The minimum atomic E-state index is -0.0356. The van der Waals surface area contributed by atoms with Crippen LogP contribution in [-0.4, -0.2) is 12.4 Å². The monoisotopic (exact) mass is 304 g/mol. The highest BCUT2D eigenvalue weighted by Gasteiger charge is 2.16. The Morgan fingerprint density at radius 3 is 2.33 bits per heavy atom. The smallest absolute Gasteiger partial charge is 0.197 e. The van der Waals surface area contributed by atoms with Gasteiger partial charge >= 0.3 is 0 Å². The van der Waals surface area contributed by atoms with E-state index >= 15 is 0 Å². The van der Waals surface area contributed by atoms with E-state index in [4.69, 9.17) is 4.74 Å². The number of hydrogen-bond acceptors (Lipinski definition) is 2. The maximum absolute atomic E-state index is 12.5. The van der Waals surface area contributed by atoms with E-state index in [1.54, 1.807) is 12.1 Å². The first-order valence-corrected chi connectivity index (χ1v) is 6.54. The summed E-state index contributed by atoms with van der Waals surface area (Å²) in [6.45, 7) is 2.44. The molecule has 92 valence electrons. The van der Waals surface area contributed by atoms with Crippen LogP contribution < -0.4 is 4.74 Å². The molecule has 0 heterocycles. The van der Waals surface area contributed by atoms with Crippen molar-refractivity contribution >= 4 is 21.7 Å². The van der Waals surface area contributed by atoms with Crippen molar-refractivity contribution < 1.29 is 9.53 Å². The zero-order valence-electron chi connectivity index (χ0n) is 10.0. The average Bonchev–Trinajstić information content (AvgIpc) is 2.40. The van der Waals surface area contributed by atoms with E-state index in [9.17, 15) is 4.79 Å². The lowest BCUT2D eigenvalue weighted by atomic mass is 10.0. The number of benzene rings is 2. The highest BCUT2D eigenvalue weighted by Crippen LogP contribution is 2.25. The van der Waals surface area contributed by atoms with Crippen LogP contribution in [0.15, 0.2) is 53.0 Å². The maximum Gasteiger partial charge on any atom is 0.197 e. The first-order valence-electron chi connectivity index (χ1n) is 5.75. The van der Waals surface area contributed by atoms with Gasteiger partial charge in [-0.3, -0.25) is 4.79 Å². The number of rotatable bonds is 4. The third-order valence-electron chi connectivity index (χ3n) is 2.55. The van der Waals surface area contributed by atoms with Crippen LogP contribution in [-0.2, 0) is 0 Å². The molecule has 0 N–H and O–H groups in total. The first-order chi connectivity index (χ1) is 8.74. The molecule has 18 heavy (non-hydrogen) atoms. The van der Waals surface area contributed by atoms with Crippen LogP contribution in [0, 0.1) is 0 Å². The molecule has 0 aliphatic carbocycles. The number of ketones is 1. The third kappa shape index (κ3) is 2.62. The van der Waals surface area contributed by atoms with Gasteiger partial charge in [-0.15, -0.1) is 0 Å². The van der Waals surface area contributed by atoms with E-state index in [0.29, 0.717) is 23.5 Å². The minimum absolute atomic E-state index is 0.0356. The SMILES string of the molecule is CCOc1ccccc1C(=O)c1ccccc1Br. The van der Waals surface area contributed by atoms with Gasteiger partial charge in [0.2, 0.25) is 0 Å². The van der Waals surface area contributed by atoms with Crippen LogP contribution in [0.4, 0.5) is 0 Å². The van der Waals surface area contributed by atoms with Crippen molar-refractivity contribution in [3.05, 3.63) is 64.1 Å². The van der Waals surface area contributed by atoms with Gasteiger partial charge < -0.3 is 4.74 Å². The quantitative estimate of drug-likeness (QED) is 0.796. The van der Waals surface area contributed by atoms with Crippen molar-refractivity contribution in [2.45, 2.75) is 6.92 Å². The largest absolute Gasteiger partial charge is 0.493 e. The van der Waals surface area contributed by atoms with E-state index < -0.39 is 0 Å². The van der Waals surface area contributed by atoms with Gasteiger partial charge in [0.1, 0.15) is 5.75 Å². The number of halogens is 1. The van der Waals surface area contributed by atoms with Crippen LogP contribution in [0.3, 0.4) is 0 Å². The van der Waals surface area contributed by atoms with Crippen molar-refractivity contribution in [2.75, 3.05) is 6.61 Å². The summed E-state index contributed by atoms with van der Waals surface area (Å²) in [6, 6.07) is 14.7. The van der Waals surface area contributed by atoms with E-state index in [0.717, 1.165) is 4.47 Å². The molecule has 3 heteroatoms. The average molecular weight is 305 g/mol. The summed E-state index contributed by atoms with van der Waals surface area (Å²) < 4.78 is 6.28. The van der Waals surface area contributed by atoms with Gasteiger partial charge in [-0.2, -0.15) is 0 Å². The Balaban J connectivity index is 2.43. The van der Waals surface area contributed by atoms with Crippen molar-refractivity contribution in [3.63, 3.8) is 0 Å². The van der Waals surface area contributed by atoms with Gasteiger partial charge in [0.25, 0.3) is 0 Å². The Kier molecular flexibility index (Phi) is 4.15. The summed E-state index contributed by atoms with van der Waals surface area (Å²) in [5.41, 5.74) is 1.23. The highest BCUT2D eigenvalue weighted by atomic mass is 79.9. The molecule has 0 unspecified atom stereocenters. The number of para-hydroxylation sites is 1. The van der Waals surface area contributed by atoms with Gasteiger partial charge in [0.05, 0.1) is 12.2 Å². The summed E-state index contributed by atoms with van der Waals surface area (Å²) in [4.78, 5) is 12.5. The molecule has 0 aliphatic rings. The molecule has 2 rings (SSSR count). The van der Waals surface area contributed by atoms with Crippen LogP contribution >= 0.6 is 15.9 Å². The maximum atomic E-state index is 12.5. The van der Waals surface area contributed by atoms with Crippen molar-refractivity contribution in [2.24, 2.45) is 0 Å². The molecule has 2 aromatic rings. The summed E-state index contributed by atoms with van der Waals surface area (Å²) in [6.07, 6.45) is 0. The predicted octanol–water partition coefficient (Wildman–Crippen LogP) is 4.08. The number of ether oxygens (including phenoxy) is 1. The normalized spacial score (nSPS) is 10.1. The molecule has 0 fully saturated rings. The van der Waals surface area contributed by atoms with Gasteiger partial charge in [-0.1, -0.05) is 40.2 Å². The molecule has 0 spiro atoms. The Bertz CT molecular complexity index is 564. The van der Waals surface area contributed by atoms with Crippen LogP contribution in [0.5, 0.6) is 5.75 Å². The molecule has 0 aliphatic heterocycles. The Morgan fingerprint density at radius 1 is 1.06 bits per heavy atom. The third-order valence-corrected chi connectivity index (χ3v) is 3.24. The second kappa shape index (κ2) is 5.83.